The third-order valence-corrected chi connectivity index (χ3v) is 5.21. The molecule has 1 saturated heterocycles. The highest BCUT2D eigenvalue weighted by Gasteiger charge is 2.23. The van der Waals surface area contributed by atoms with Crippen LogP contribution in [0.25, 0.3) is 0 Å². The largest absolute Gasteiger partial charge is 0.325 e. The van der Waals surface area contributed by atoms with Gasteiger partial charge in [-0.05, 0) is 38.4 Å². The number of piperidine rings is 1. The lowest BCUT2D eigenvalue weighted by Crippen LogP contribution is -2.34. The van der Waals surface area contributed by atoms with E-state index in [0.29, 0.717) is 5.92 Å². The normalized spacial score (nSPS) is 18.0. The minimum Gasteiger partial charge on any atom is -0.325 e. The zero-order valence-electron chi connectivity index (χ0n) is 14.8. The average molecular weight is 366 g/mol. The van der Waals surface area contributed by atoms with Crippen LogP contribution in [-0.4, -0.2) is 37.9 Å². The van der Waals surface area contributed by atoms with Gasteiger partial charge in [0.2, 0.25) is 0 Å². The number of nitrogens with zero attached hydrogens (tertiary/aromatic N) is 5. The highest BCUT2D eigenvalue weighted by molar-refractivity contribution is 7.07. The zero-order chi connectivity index (χ0) is 17.8. The van der Waals surface area contributed by atoms with E-state index in [9.17, 15) is 0 Å². The van der Waals surface area contributed by atoms with Gasteiger partial charge in [-0.2, -0.15) is 0 Å². The number of likely N-dealkylation sites (tertiary alicyclic amines) is 1. The first-order valence-electron chi connectivity index (χ1n) is 8.89. The minimum atomic E-state index is 0.424. The Morgan fingerprint density at radius 3 is 3.00 bits per heavy atom. The van der Waals surface area contributed by atoms with E-state index in [1.807, 2.05) is 30.6 Å². The number of rotatable bonds is 5. The number of hydrogen-bond donors (Lipinski definition) is 1. The Morgan fingerprint density at radius 1 is 1.23 bits per heavy atom. The quantitative estimate of drug-likeness (QED) is 0.742. The van der Waals surface area contributed by atoms with Gasteiger partial charge in [0, 0.05) is 36.7 Å². The van der Waals surface area contributed by atoms with Crippen LogP contribution in [0.4, 0.5) is 11.6 Å². The fourth-order valence-electron chi connectivity index (χ4n) is 3.42. The second-order valence-corrected chi connectivity index (χ2v) is 7.34. The van der Waals surface area contributed by atoms with E-state index in [1.54, 1.807) is 17.5 Å². The zero-order valence-corrected chi connectivity index (χ0v) is 15.6. The van der Waals surface area contributed by atoms with Crippen molar-refractivity contribution in [3.05, 3.63) is 58.6 Å². The number of hydrogen-bond acceptors (Lipinski definition) is 7. The highest BCUT2D eigenvalue weighted by atomic mass is 32.1. The van der Waals surface area contributed by atoms with Crippen molar-refractivity contribution in [1.82, 2.24) is 24.8 Å². The van der Waals surface area contributed by atoms with Gasteiger partial charge in [0.1, 0.15) is 17.5 Å². The standard InChI is InChI=1S/C19H22N6S/c1-14-22-17(9-19(23-14)24-18-6-2-3-7-20-18)15-5-4-8-25(10-15)11-16-12-26-13-21-16/h2-3,6-7,9,12-13,15H,4-5,8,10-11H2,1H3,(H,20,22,23,24)/t15-/m1/s1. The van der Waals surface area contributed by atoms with Crippen molar-refractivity contribution in [2.24, 2.45) is 0 Å². The summed E-state index contributed by atoms with van der Waals surface area (Å²) in [5, 5.41) is 5.42. The summed E-state index contributed by atoms with van der Waals surface area (Å²) in [7, 11) is 0. The lowest BCUT2D eigenvalue weighted by Gasteiger charge is -2.32. The van der Waals surface area contributed by atoms with Crippen LogP contribution in [0, 0.1) is 6.92 Å². The Balaban J connectivity index is 1.49. The summed E-state index contributed by atoms with van der Waals surface area (Å²) in [4.78, 5) is 20.4. The third-order valence-electron chi connectivity index (χ3n) is 4.57. The highest BCUT2D eigenvalue weighted by Crippen LogP contribution is 2.28. The van der Waals surface area contributed by atoms with Gasteiger partial charge in [0.25, 0.3) is 0 Å². The second-order valence-electron chi connectivity index (χ2n) is 6.62. The molecule has 1 aliphatic rings. The van der Waals surface area contributed by atoms with Crippen LogP contribution in [0.3, 0.4) is 0 Å². The van der Waals surface area contributed by atoms with Gasteiger partial charge in [0.05, 0.1) is 16.9 Å². The molecular weight excluding hydrogens is 344 g/mol. The molecule has 0 saturated carbocycles. The predicted molar refractivity (Wildman–Crippen MR) is 104 cm³/mol. The maximum absolute atomic E-state index is 4.72. The van der Waals surface area contributed by atoms with Gasteiger partial charge >= 0.3 is 0 Å². The molecule has 1 atom stereocenters. The van der Waals surface area contributed by atoms with Crippen molar-refractivity contribution in [1.29, 1.82) is 0 Å². The Morgan fingerprint density at radius 2 is 2.19 bits per heavy atom. The van der Waals surface area contributed by atoms with E-state index in [4.69, 9.17) is 4.98 Å². The molecule has 4 heterocycles. The van der Waals surface area contributed by atoms with Crippen LogP contribution in [0.2, 0.25) is 0 Å². The molecule has 0 spiro atoms. The van der Waals surface area contributed by atoms with E-state index in [-0.39, 0.29) is 0 Å². The summed E-state index contributed by atoms with van der Waals surface area (Å²) in [5.74, 6) is 2.82. The van der Waals surface area contributed by atoms with Gasteiger partial charge in [-0.1, -0.05) is 6.07 Å². The molecule has 0 aromatic carbocycles. The number of anilines is 2. The van der Waals surface area contributed by atoms with Crippen LogP contribution in [-0.2, 0) is 6.54 Å². The monoisotopic (exact) mass is 366 g/mol. The minimum absolute atomic E-state index is 0.424. The first kappa shape index (κ1) is 17.1. The van der Waals surface area contributed by atoms with E-state index >= 15 is 0 Å². The Bertz CT molecular complexity index is 837. The molecule has 134 valence electrons. The van der Waals surface area contributed by atoms with Gasteiger partial charge < -0.3 is 5.32 Å². The van der Waals surface area contributed by atoms with Crippen LogP contribution in [0.1, 0.15) is 36.0 Å². The van der Waals surface area contributed by atoms with Crippen molar-refractivity contribution in [3.8, 4) is 0 Å². The molecule has 3 aromatic heterocycles. The van der Waals surface area contributed by atoms with Crippen molar-refractivity contribution in [2.45, 2.75) is 32.2 Å². The van der Waals surface area contributed by atoms with Crippen LogP contribution >= 0.6 is 11.3 Å². The molecule has 0 unspecified atom stereocenters. The van der Waals surface area contributed by atoms with E-state index < -0.39 is 0 Å². The summed E-state index contributed by atoms with van der Waals surface area (Å²) in [5.41, 5.74) is 4.17. The maximum atomic E-state index is 4.72. The Hall–Kier alpha value is -2.38. The lowest BCUT2D eigenvalue weighted by molar-refractivity contribution is 0.196. The Labute approximate surface area is 157 Å². The first-order valence-corrected chi connectivity index (χ1v) is 9.83. The number of thiazole rings is 1. The summed E-state index contributed by atoms with van der Waals surface area (Å²) in [6.45, 7) is 5.00. The molecule has 0 amide bonds. The van der Waals surface area contributed by atoms with Crippen LogP contribution in [0.5, 0.6) is 0 Å². The van der Waals surface area contributed by atoms with Crippen LogP contribution in [0.15, 0.2) is 41.4 Å². The fourth-order valence-corrected chi connectivity index (χ4v) is 3.97. The predicted octanol–water partition coefficient (Wildman–Crippen LogP) is 3.76. The molecule has 4 rings (SSSR count). The molecule has 0 radical (unpaired) electrons. The second kappa shape index (κ2) is 7.88. The number of nitrogens with one attached hydrogen (secondary N) is 1. The van der Waals surface area contributed by atoms with Gasteiger partial charge in [-0.3, -0.25) is 4.90 Å². The maximum Gasteiger partial charge on any atom is 0.135 e. The molecule has 3 aromatic rings. The molecule has 7 heteroatoms. The molecule has 0 aliphatic carbocycles. The molecule has 6 nitrogen and oxygen atoms in total. The molecule has 1 N–H and O–H groups in total. The number of aromatic nitrogens is 4. The summed E-state index contributed by atoms with van der Waals surface area (Å²) < 4.78 is 0. The summed E-state index contributed by atoms with van der Waals surface area (Å²) in [6.07, 6.45) is 4.11. The van der Waals surface area contributed by atoms with Crippen molar-refractivity contribution < 1.29 is 0 Å². The fraction of sp³-hybridized carbons (Fsp3) is 0.368. The lowest BCUT2D eigenvalue weighted by atomic mass is 9.94. The SMILES string of the molecule is Cc1nc(Nc2ccccn2)cc([C@@H]2CCCN(Cc3cscn3)C2)n1. The third kappa shape index (κ3) is 4.23. The van der Waals surface area contributed by atoms with Gasteiger partial charge in [-0.25, -0.2) is 19.9 Å². The number of aryl methyl sites for hydroxylation is 1. The van der Waals surface area contributed by atoms with E-state index in [0.717, 1.165) is 54.9 Å². The molecule has 1 fully saturated rings. The van der Waals surface area contributed by atoms with E-state index in [2.05, 4.69) is 36.6 Å². The first-order chi connectivity index (χ1) is 12.8. The molecule has 26 heavy (non-hydrogen) atoms. The van der Waals surface area contributed by atoms with Crippen molar-refractivity contribution >= 4 is 23.0 Å². The van der Waals surface area contributed by atoms with Crippen molar-refractivity contribution in [2.75, 3.05) is 18.4 Å². The van der Waals surface area contributed by atoms with Crippen LogP contribution < -0.4 is 5.32 Å². The topological polar surface area (TPSA) is 66.8 Å². The van der Waals surface area contributed by atoms with Gasteiger partial charge in [0.15, 0.2) is 0 Å². The smallest absolute Gasteiger partial charge is 0.135 e. The molecule has 1 aliphatic heterocycles. The van der Waals surface area contributed by atoms with Gasteiger partial charge in [-0.15, -0.1) is 11.3 Å². The average Bonchev–Trinajstić information content (AvgIpc) is 3.15. The van der Waals surface area contributed by atoms with Crippen molar-refractivity contribution in [3.63, 3.8) is 0 Å². The molecular formula is C19H22N6S. The Kier molecular flexibility index (Phi) is 5.17. The molecule has 0 bridgehead atoms. The number of pyridine rings is 1. The van der Waals surface area contributed by atoms with E-state index in [1.165, 1.54) is 6.42 Å². The summed E-state index contributed by atoms with van der Waals surface area (Å²) in [6, 6.07) is 7.87. The summed E-state index contributed by atoms with van der Waals surface area (Å²) >= 11 is 1.66.